The molecule has 1 saturated heterocycles. The molecule has 0 bridgehead atoms. The lowest BCUT2D eigenvalue weighted by Gasteiger charge is -2.28. The third-order valence-corrected chi connectivity index (χ3v) is 5.27. The first-order chi connectivity index (χ1) is 10.4. The van der Waals surface area contributed by atoms with Gasteiger partial charge in [-0.05, 0) is 45.8 Å². The van der Waals surface area contributed by atoms with E-state index in [2.05, 4.69) is 41.5 Å². The Balaban J connectivity index is 2.61. The minimum Gasteiger partial charge on any atom is -0.616 e. The van der Waals surface area contributed by atoms with Crippen LogP contribution in [0, 0.1) is 0 Å². The average Bonchev–Trinajstić information content (AvgIpc) is 2.67. The van der Waals surface area contributed by atoms with Gasteiger partial charge in [0.2, 0.25) is 5.78 Å². The van der Waals surface area contributed by atoms with Crippen LogP contribution in [0.1, 0.15) is 58.2 Å². The van der Waals surface area contributed by atoms with Crippen molar-refractivity contribution >= 4 is 23.0 Å². The lowest BCUT2D eigenvalue weighted by molar-refractivity contribution is -0.112. The molecule has 23 heavy (non-hydrogen) atoms. The summed E-state index contributed by atoms with van der Waals surface area (Å²) in [6.45, 7) is 12.3. The number of carbonyl (C=O) groups excluding carboxylic acids is 1. The van der Waals surface area contributed by atoms with E-state index in [0.717, 1.165) is 16.7 Å². The zero-order chi connectivity index (χ0) is 17.6. The van der Waals surface area contributed by atoms with Gasteiger partial charge in [-0.15, -0.1) is 0 Å². The zero-order valence-electron chi connectivity index (χ0n) is 14.8. The zero-order valence-corrected chi connectivity index (χ0v) is 15.6. The fourth-order valence-electron chi connectivity index (χ4n) is 2.75. The molecule has 1 atom stereocenters. The van der Waals surface area contributed by atoms with E-state index >= 15 is 0 Å². The van der Waals surface area contributed by atoms with Crippen LogP contribution in [0.2, 0.25) is 0 Å². The van der Waals surface area contributed by atoms with Crippen LogP contribution in [0.25, 0.3) is 6.08 Å². The minimum absolute atomic E-state index is 0.0361. The highest BCUT2D eigenvalue weighted by molar-refractivity contribution is 7.93. The van der Waals surface area contributed by atoms with E-state index in [4.69, 9.17) is 0 Å². The smallest absolute Gasteiger partial charge is 0.212 e. The summed E-state index contributed by atoms with van der Waals surface area (Å²) >= 11 is -1.07. The predicted molar refractivity (Wildman–Crippen MR) is 96.4 cm³/mol. The summed E-state index contributed by atoms with van der Waals surface area (Å²) in [7, 11) is 0. The fraction of sp³-hybridized carbons (Fsp3) is 0.526. The number of carbonyl (C=O) groups is 1. The second kappa shape index (κ2) is 5.99. The van der Waals surface area contributed by atoms with E-state index in [1.165, 1.54) is 0 Å². The summed E-state index contributed by atoms with van der Waals surface area (Å²) in [5.41, 5.74) is 2.82. The van der Waals surface area contributed by atoms with E-state index in [9.17, 15) is 14.5 Å². The van der Waals surface area contributed by atoms with Gasteiger partial charge in [0.05, 0.1) is 0 Å². The van der Waals surface area contributed by atoms with Crippen molar-refractivity contribution in [2.24, 2.45) is 0 Å². The van der Waals surface area contributed by atoms with Crippen LogP contribution in [0.4, 0.5) is 0 Å². The van der Waals surface area contributed by atoms with Gasteiger partial charge >= 0.3 is 0 Å². The van der Waals surface area contributed by atoms with Gasteiger partial charge in [0, 0.05) is 16.7 Å². The average molecular weight is 334 g/mol. The van der Waals surface area contributed by atoms with Crippen LogP contribution in [0.15, 0.2) is 17.7 Å². The first-order valence-corrected chi connectivity index (χ1v) is 9.35. The quantitative estimate of drug-likeness (QED) is 0.629. The van der Waals surface area contributed by atoms with Crippen molar-refractivity contribution < 1.29 is 14.5 Å². The Morgan fingerprint density at radius 1 is 1.04 bits per heavy atom. The van der Waals surface area contributed by atoms with E-state index < -0.39 is 11.2 Å². The number of hydrogen-bond donors (Lipinski definition) is 1. The highest BCUT2D eigenvalue weighted by Crippen LogP contribution is 2.40. The molecule has 1 aliphatic rings. The number of aromatic hydroxyl groups is 1. The Labute approximate surface area is 142 Å². The summed E-state index contributed by atoms with van der Waals surface area (Å²) < 4.78 is 11.6. The first kappa shape index (κ1) is 18.1. The molecule has 0 aromatic heterocycles. The Bertz CT molecular complexity index is 625. The number of hydrogen-bond acceptors (Lipinski definition) is 3. The van der Waals surface area contributed by atoms with Gasteiger partial charge in [-0.25, -0.2) is 0 Å². The number of ketones is 1. The summed E-state index contributed by atoms with van der Waals surface area (Å²) in [6.07, 6.45) is 1.83. The van der Waals surface area contributed by atoms with Crippen molar-refractivity contribution in [1.29, 1.82) is 0 Å². The topological polar surface area (TPSA) is 60.4 Å². The van der Waals surface area contributed by atoms with Crippen molar-refractivity contribution in [3.63, 3.8) is 0 Å². The van der Waals surface area contributed by atoms with Gasteiger partial charge in [0.25, 0.3) is 0 Å². The highest BCUT2D eigenvalue weighted by Gasteiger charge is 2.30. The van der Waals surface area contributed by atoms with E-state index in [0.29, 0.717) is 17.1 Å². The Kier molecular flexibility index (Phi) is 4.71. The summed E-state index contributed by atoms with van der Waals surface area (Å²) in [5, 5.41) is 10.7. The van der Waals surface area contributed by atoms with Crippen LogP contribution in [0.3, 0.4) is 0 Å². The summed E-state index contributed by atoms with van der Waals surface area (Å²) in [4.78, 5) is 11.9. The molecule has 1 N–H and O–H groups in total. The normalized spacial score (nSPS) is 21.3. The van der Waals surface area contributed by atoms with Gasteiger partial charge in [-0.3, -0.25) is 4.79 Å². The van der Waals surface area contributed by atoms with Gasteiger partial charge < -0.3 is 9.66 Å². The molecule has 1 aromatic carbocycles. The molecule has 0 aliphatic carbocycles. The Morgan fingerprint density at radius 3 is 1.87 bits per heavy atom. The third-order valence-electron chi connectivity index (χ3n) is 4.06. The molecular formula is C19H26O3S. The lowest BCUT2D eigenvalue weighted by atomic mass is 9.78. The van der Waals surface area contributed by atoms with Crippen molar-refractivity contribution in [1.82, 2.24) is 0 Å². The molecule has 0 radical (unpaired) electrons. The van der Waals surface area contributed by atoms with Crippen LogP contribution >= 0.6 is 0 Å². The molecule has 0 saturated carbocycles. The van der Waals surface area contributed by atoms with Crippen molar-refractivity contribution in [3.05, 3.63) is 34.4 Å². The molecule has 126 valence electrons. The molecule has 0 amide bonds. The highest BCUT2D eigenvalue weighted by atomic mass is 32.2. The molecule has 1 fully saturated rings. The monoisotopic (exact) mass is 334 g/mol. The summed E-state index contributed by atoms with van der Waals surface area (Å²) in [6, 6.07) is 3.87. The second-order valence-corrected chi connectivity index (χ2v) is 9.74. The molecule has 1 aliphatic heterocycles. The number of phenolic OH excluding ortho intramolecular Hbond substituents is 1. The maximum absolute atomic E-state index is 11.9. The molecular weight excluding hydrogens is 308 g/mol. The summed E-state index contributed by atoms with van der Waals surface area (Å²) in [5.74, 6) is 0.747. The molecule has 1 aromatic rings. The number of benzene rings is 1. The van der Waals surface area contributed by atoms with Crippen LogP contribution < -0.4 is 0 Å². The van der Waals surface area contributed by atoms with E-state index in [1.54, 1.807) is 0 Å². The van der Waals surface area contributed by atoms with Gasteiger partial charge in [-0.2, -0.15) is 0 Å². The second-order valence-electron chi connectivity index (χ2n) is 8.29. The fourth-order valence-corrected chi connectivity index (χ4v) is 3.92. The van der Waals surface area contributed by atoms with Crippen molar-refractivity contribution in [2.75, 3.05) is 11.5 Å². The minimum atomic E-state index is -1.07. The molecule has 1 unspecified atom stereocenters. The maximum atomic E-state index is 11.9. The largest absolute Gasteiger partial charge is 0.616 e. The van der Waals surface area contributed by atoms with E-state index in [-0.39, 0.29) is 22.4 Å². The Hall–Kier alpha value is -1.26. The van der Waals surface area contributed by atoms with Crippen LogP contribution in [0.5, 0.6) is 5.75 Å². The molecule has 4 heteroatoms. The number of rotatable bonds is 1. The molecule has 0 spiro atoms. The number of Topliss-reactive ketones (excluding diaryl/α,β-unsaturated/α-hetero) is 1. The van der Waals surface area contributed by atoms with Crippen LogP contribution in [-0.4, -0.2) is 26.9 Å². The SMILES string of the molecule is CC(C)(C)c1cc(C=C2C[S+]([O-])CC2=O)cc(C(C)(C)C)c1O. The van der Waals surface area contributed by atoms with Crippen molar-refractivity contribution in [2.45, 2.75) is 52.4 Å². The molecule has 3 nitrogen and oxygen atoms in total. The van der Waals surface area contributed by atoms with Crippen molar-refractivity contribution in [3.8, 4) is 5.75 Å². The predicted octanol–water partition coefficient (Wildman–Crippen LogP) is 3.70. The van der Waals surface area contributed by atoms with Crippen LogP contribution in [-0.2, 0) is 26.8 Å². The Morgan fingerprint density at radius 2 is 1.52 bits per heavy atom. The number of phenols is 1. The lowest BCUT2D eigenvalue weighted by Crippen LogP contribution is -2.17. The van der Waals surface area contributed by atoms with Gasteiger partial charge in [-0.1, -0.05) is 41.5 Å². The maximum Gasteiger partial charge on any atom is 0.212 e. The first-order valence-electron chi connectivity index (χ1n) is 7.86. The third kappa shape index (κ3) is 3.99. The standard InChI is InChI=1S/C19H26O3S/c1-18(2,3)14-8-12(7-13-10-23(22)11-16(13)20)9-15(17(14)21)19(4,5)6/h7-9,21H,10-11H2,1-6H3. The van der Waals surface area contributed by atoms with Gasteiger partial charge in [0.1, 0.15) is 11.5 Å². The molecule has 1 heterocycles. The van der Waals surface area contributed by atoms with Gasteiger partial charge in [0.15, 0.2) is 5.75 Å². The molecule has 2 rings (SSSR count). The van der Waals surface area contributed by atoms with E-state index in [1.807, 2.05) is 18.2 Å².